The van der Waals surface area contributed by atoms with E-state index in [1.807, 2.05) is 0 Å². The van der Waals surface area contributed by atoms with Gasteiger partial charge >= 0.3 is 0 Å². The molecule has 4 radical (unpaired) electrons. The molecule has 0 aromatic carbocycles. The Bertz CT molecular complexity index is 8.00. The molecule has 0 aromatic rings. The Balaban J connectivity index is 0. The second kappa shape index (κ2) is 20.6. The van der Waals surface area contributed by atoms with Gasteiger partial charge in [-0.15, -0.1) is 0 Å². The monoisotopic (exact) mass is 346 g/mol. The van der Waals surface area contributed by atoms with Gasteiger partial charge in [0.1, 0.15) is 0 Å². The zero-order valence-corrected chi connectivity index (χ0v) is 7.94. The van der Waals surface area contributed by atoms with Crippen LogP contribution >= 0.6 is 0 Å². The van der Waals surface area contributed by atoms with E-state index in [2.05, 4.69) is 0 Å². The average Bonchev–Trinajstić information content (AvgIpc) is 0. The summed E-state index contributed by atoms with van der Waals surface area (Å²) in [5.74, 6) is 0. The van der Waals surface area contributed by atoms with Crippen LogP contribution in [0.4, 0.5) is 0 Å². The molecule has 0 aliphatic rings. The fourth-order valence-electron chi connectivity index (χ4n) is 0. The maximum atomic E-state index is 0. The topological polar surface area (TPSA) is 0 Å². The molecule has 0 nitrogen and oxygen atoms in total. The second-order valence-electron chi connectivity index (χ2n) is 0. The molecule has 0 unspecified atom stereocenters. The molecule has 0 amide bonds. The first-order valence-corrected chi connectivity index (χ1v) is 0. The number of hydrogen-bond acceptors (Lipinski definition) is 0. The third kappa shape index (κ3) is 9.08. The molecular weight excluding hydrogens is 344 g/mol. The summed E-state index contributed by atoms with van der Waals surface area (Å²) in [6, 6.07) is 0. The minimum atomic E-state index is 0. The van der Waals surface area contributed by atoms with E-state index in [1.54, 1.807) is 0 Å². The molecule has 4 heavy (non-hydrogen) atoms. The Morgan fingerprint density at radius 3 is 1.00 bits per heavy atom. The van der Waals surface area contributed by atoms with Crippen LogP contribution < -0.4 is 0 Å². The molecular formula is CCrMoW. The maximum Gasteiger partial charge on any atom is 0 e. The summed E-state index contributed by atoms with van der Waals surface area (Å²) in [5, 5.41) is 0. The van der Waals surface area contributed by atoms with E-state index < -0.39 is 0 Å². The van der Waals surface area contributed by atoms with Crippen molar-refractivity contribution in [1.82, 2.24) is 0 Å². The summed E-state index contributed by atoms with van der Waals surface area (Å²) in [6.07, 6.45) is 0. The van der Waals surface area contributed by atoms with E-state index in [4.69, 9.17) is 0 Å². The molecule has 22 valence electrons. The molecule has 0 N–H and O–H groups in total. The molecule has 0 bridgehead atoms. The summed E-state index contributed by atoms with van der Waals surface area (Å²) in [4.78, 5) is 0. The van der Waals surface area contributed by atoms with Gasteiger partial charge in [-0.2, -0.15) is 0 Å². The fraction of sp³-hybridized carbons (Fsp3) is 0. The van der Waals surface area contributed by atoms with Crippen LogP contribution in [-0.2, 0) is 59.5 Å². The van der Waals surface area contributed by atoms with Gasteiger partial charge in [0.25, 0.3) is 0 Å². The van der Waals surface area contributed by atoms with Crippen LogP contribution in [0.1, 0.15) is 0 Å². The van der Waals surface area contributed by atoms with Crippen molar-refractivity contribution in [1.29, 1.82) is 0 Å². The molecule has 3 heteroatoms. The Morgan fingerprint density at radius 2 is 1.00 bits per heavy atom. The zero-order valence-electron chi connectivity index (χ0n) is 1.72. The van der Waals surface area contributed by atoms with Gasteiger partial charge in [0.2, 0.25) is 0 Å². The van der Waals surface area contributed by atoms with E-state index in [-0.39, 0.29) is 66.9 Å². The van der Waals surface area contributed by atoms with E-state index >= 15 is 0 Å². The Kier molecular flexibility index (Phi) is 201. The Morgan fingerprint density at radius 1 is 1.00 bits per heavy atom. The van der Waals surface area contributed by atoms with Gasteiger partial charge in [-0.3, -0.25) is 0 Å². The number of hydrogen-bond donors (Lipinski definition) is 0. The minimum Gasteiger partial charge on any atom is 0 e. The normalized spacial score (nSPS) is 0. The van der Waals surface area contributed by atoms with Gasteiger partial charge in [-0.05, 0) is 0 Å². The molecule has 0 saturated heterocycles. The zero-order chi connectivity index (χ0) is 0. The van der Waals surface area contributed by atoms with E-state index in [0.717, 1.165) is 0 Å². The quantitative estimate of drug-likeness (QED) is 0.546. The van der Waals surface area contributed by atoms with Crippen molar-refractivity contribution >= 4 is 0 Å². The van der Waals surface area contributed by atoms with Crippen molar-refractivity contribution in [3.05, 3.63) is 7.43 Å². The number of rotatable bonds is 0. The third-order valence-corrected chi connectivity index (χ3v) is 0. The summed E-state index contributed by atoms with van der Waals surface area (Å²) >= 11 is 0. The first-order chi connectivity index (χ1) is 0. The van der Waals surface area contributed by atoms with E-state index in [9.17, 15) is 0 Å². The SMILES string of the molecule is [C].[Cr].[Mo].[W]. The first kappa shape index (κ1) is 39.1. The van der Waals surface area contributed by atoms with Gasteiger partial charge in [0.05, 0.1) is 0 Å². The van der Waals surface area contributed by atoms with Crippen molar-refractivity contribution in [3.8, 4) is 0 Å². The predicted octanol–water partition coefficient (Wildman–Crippen LogP) is 0.0738. The molecule has 0 saturated carbocycles. The second-order valence-corrected chi connectivity index (χ2v) is 0. The van der Waals surface area contributed by atoms with Crippen molar-refractivity contribution in [2.75, 3.05) is 0 Å². The van der Waals surface area contributed by atoms with E-state index in [0.29, 0.717) is 0 Å². The van der Waals surface area contributed by atoms with Crippen molar-refractivity contribution < 1.29 is 59.5 Å². The maximum absolute atomic E-state index is 0. The molecule has 0 heterocycles. The van der Waals surface area contributed by atoms with Crippen molar-refractivity contribution in [3.63, 3.8) is 0 Å². The third-order valence-electron chi connectivity index (χ3n) is 0. The van der Waals surface area contributed by atoms with Crippen LogP contribution in [0.3, 0.4) is 0 Å². The standard InChI is InChI=1S/C.Cr.Mo.W. The van der Waals surface area contributed by atoms with Crippen LogP contribution in [0.2, 0.25) is 0 Å². The van der Waals surface area contributed by atoms with Gasteiger partial charge in [-0.1, -0.05) is 0 Å². The Hall–Kier alpha value is 1.91. The van der Waals surface area contributed by atoms with Crippen molar-refractivity contribution in [2.24, 2.45) is 0 Å². The largest absolute Gasteiger partial charge is 0 e. The fourth-order valence-corrected chi connectivity index (χ4v) is 0. The van der Waals surface area contributed by atoms with Gasteiger partial charge in [0.15, 0.2) is 0 Å². The smallest absolute Gasteiger partial charge is 0 e. The van der Waals surface area contributed by atoms with Gasteiger partial charge in [-0.25, -0.2) is 0 Å². The summed E-state index contributed by atoms with van der Waals surface area (Å²) in [7, 11) is 0. The molecule has 0 fully saturated rings. The molecule has 0 aliphatic carbocycles. The summed E-state index contributed by atoms with van der Waals surface area (Å²) < 4.78 is 0. The van der Waals surface area contributed by atoms with Crippen LogP contribution in [-0.4, -0.2) is 0 Å². The van der Waals surface area contributed by atoms with Crippen molar-refractivity contribution in [2.45, 2.75) is 0 Å². The molecule has 0 aliphatic heterocycles. The molecule has 0 spiro atoms. The van der Waals surface area contributed by atoms with Crippen LogP contribution in [0.25, 0.3) is 0 Å². The van der Waals surface area contributed by atoms with Crippen LogP contribution in [0, 0.1) is 7.43 Å². The minimum absolute atomic E-state index is 0. The van der Waals surface area contributed by atoms with Gasteiger partial charge < -0.3 is 0 Å². The Labute approximate surface area is 66.4 Å². The summed E-state index contributed by atoms with van der Waals surface area (Å²) in [5.41, 5.74) is 0. The van der Waals surface area contributed by atoms with Crippen LogP contribution in [0.5, 0.6) is 0 Å². The van der Waals surface area contributed by atoms with E-state index in [1.165, 1.54) is 0 Å². The molecule has 0 rings (SSSR count). The molecule has 0 aromatic heterocycles. The molecule has 0 atom stereocenters. The summed E-state index contributed by atoms with van der Waals surface area (Å²) in [6.45, 7) is 0. The van der Waals surface area contributed by atoms with Crippen LogP contribution in [0.15, 0.2) is 0 Å². The average molecular weight is 344 g/mol. The first-order valence-electron chi connectivity index (χ1n) is 0. The predicted molar refractivity (Wildman–Crippen MR) is 3.24 cm³/mol. The van der Waals surface area contributed by atoms with Gasteiger partial charge in [0, 0.05) is 66.9 Å².